The summed E-state index contributed by atoms with van der Waals surface area (Å²) >= 11 is 0. The molecule has 0 N–H and O–H groups in total. The number of ketones is 1. The van der Waals surface area contributed by atoms with Gasteiger partial charge in [0.2, 0.25) is 0 Å². The molecule has 1 aliphatic carbocycles. The molecule has 1 aliphatic heterocycles. The van der Waals surface area contributed by atoms with Crippen LogP contribution < -0.4 is 0 Å². The maximum atomic E-state index is 10.9. The molecule has 2 fully saturated rings. The summed E-state index contributed by atoms with van der Waals surface area (Å²) in [7, 11) is -0.131. The van der Waals surface area contributed by atoms with Crippen LogP contribution in [0.15, 0.2) is 0 Å². The molecule has 0 bridgehead atoms. The van der Waals surface area contributed by atoms with Crippen molar-refractivity contribution in [2.24, 2.45) is 5.92 Å². The quantitative estimate of drug-likeness (QED) is 0.654. The average Bonchev–Trinajstić information content (AvgIpc) is 2.17. The fourth-order valence-corrected chi connectivity index (χ4v) is 2.08. The molecular formula is C11H19BO3. The Bertz CT molecular complexity index is 262. The van der Waals surface area contributed by atoms with Crippen LogP contribution >= 0.6 is 0 Å². The van der Waals surface area contributed by atoms with Crippen molar-refractivity contribution >= 4 is 12.9 Å². The van der Waals surface area contributed by atoms with Gasteiger partial charge in [-0.2, -0.15) is 0 Å². The second-order valence-corrected chi connectivity index (χ2v) is 5.73. The number of Topliss-reactive ketones (excluding diaryl/α,β-unsaturated/α-hetero) is 1. The Hall–Kier alpha value is -0.345. The molecule has 0 radical (unpaired) electrons. The third kappa shape index (κ3) is 1.97. The van der Waals surface area contributed by atoms with Gasteiger partial charge in [0.15, 0.2) is 0 Å². The van der Waals surface area contributed by atoms with Gasteiger partial charge < -0.3 is 9.31 Å². The Kier molecular flexibility index (Phi) is 2.47. The van der Waals surface area contributed by atoms with Crippen molar-refractivity contribution in [2.45, 2.75) is 58.1 Å². The predicted molar refractivity (Wildman–Crippen MR) is 58.6 cm³/mol. The molecule has 3 nitrogen and oxygen atoms in total. The summed E-state index contributed by atoms with van der Waals surface area (Å²) in [5, 5.41) is 0. The largest absolute Gasteiger partial charge is 0.458 e. The molecule has 1 heterocycles. The number of hydrogen-bond acceptors (Lipinski definition) is 3. The Labute approximate surface area is 91.7 Å². The first-order valence-electron chi connectivity index (χ1n) is 5.67. The maximum Gasteiger partial charge on any atom is 0.458 e. The second kappa shape index (κ2) is 3.32. The standard InChI is InChI=1S/C11H19BO3/c1-10(2)11(3,4)15-12(14-10)7-8-5-9(13)6-8/h8H,5-7H2,1-4H3. The molecule has 0 unspecified atom stereocenters. The summed E-state index contributed by atoms with van der Waals surface area (Å²) < 4.78 is 11.7. The lowest BCUT2D eigenvalue weighted by molar-refractivity contribution is -0.126. The molecule has 0 amide bonds. The molecule has 0 spiro atoms. The third-order valence-corrected chi connectivity index (χ3v) is 3.86. The Morgan fingerprint density at radius 2 is 1.67 bits per heavy atom. The SMILES string of the molecule is CC1(C)OB(CC2CC(=O)C2)OC1(C)C. The summed E-state index contributed by atoms with van der Waals surface area (Å²) in [4.78, 5) is 10.9. The third-order valence-electron chi connectivity index (χ3n) is 3.86. The number of hydrogen-bond donors (Lipinski definition) is 0. The van der Waals surface area contributed by atoms with Crippen molar-refractivity contribution < 1.29 is 14.1 Å². The van der Waals surface area contributed by atoms with Crippen LogP contribution in [0, 0.1) is 5.92 Å². The fourth-order valence-electron chi connectivity index (χ4n) is 2.08. The molecule has 2 rings (SSSR count). The van der Waals surface area contributed by atoms with Crippen molar-refractivity contribution in [3.05, 3.63) is 0 Å². The Morgan fingerprint density at radius 3 is 2.07 bits per heavy atom. The molecule has 2 aliphatic rings. The van der Waals surface area contributed by atoms with E-state index in [9.17, 15) is 4.79 Å². The van der Waals surface area contributed by atoms with Gasteiger partial charge in [0.25, 0.3) is 0 Å². The van der Waals surface area contributed by atoms with Crippen LogP contribution in [0.3, 0.4) is 0 Å². The van der Waals surface area contributed by atoms with Crippen LogP contribution in [0.25, 0.3) is 0 Å². The summed E-state index contributed by atoms with van der Waals surface area (Å²) in [5.41, 5.74) is -0.489. The molecule has 84 valence electrons. The zero-order valence-electron chi connectivity index (χ0n) is 10.0. The number of rotatable bonds is 2. The molecule has 1 saturated carbocycles. The van der Waals surface area contributed by atoms with E-state index in [1.165, 1.54) is 0 Å². The minimum Gasteiger partial charge on any atom is -0.403 e. The second-order valence-electron chi connectivity index (χ2n) is 5.73. The summed E-state index contributed by atoms with van der Waals surface area (Å²) in [6.07, 6.45) is 2.28. The van der Waals surface area contributed by atoms with Gasteiger partial charge in [-0.15, -0.1) is 0 Å². The van der Waals surface area contributed by atoms with Crippen LogP contribution in [-0.2, 0) is 14.1 Å². The van der Waals surface area contributed by atoms with E-state index in [-0.39, 0.29) is 18.3 Å². The molecule has 0 atom stereocenters. The van der Waals surface area contributed by atoms with E-state index in [1.807, 2.05) is 0 Å². The van der Waals surface area contributed by atoms with Gasteiger partial charge in [0.05, 0.1) is 11.2 Å². The Balaban J connectivity index is 1.89. The predicted octanol–water partition coefficient (Wildman–Crippen LogP) is 2.06. The minimum atomic E-state index is -0.245. The first-order valence-corrected chi connectivity index (χ1v) is 5.67. The van der Waals surface area contributed by atoms with Crippen LogP contribution in [-0.4, -0.2) is 24.1 Å². The molecule has 0 aromatic rings. The highest BCUT2D eigenvalue weighted by molar-refractivity contribution is 6.45. The van der Waals surface area contributed by atoms with Crippen LogP contribution in [0.5, 0.6) is 0 Å². The topological polar surface area (TPSA) is 35.5 Å². The van der Waals surface area contributed by atoms with E-state index in [1.54, 1.807) is 0 Å². The lowest BCUT2D eigenvalue weighted by atomic mass is 9.68. The van der Waals surface area contributed by atoms with Gasteiger partial charge in [-0.25, -0.2) is 0 Å². The zero-order chi connectivity index (χ0) is 11.3. The summed E-state index contributed by atoms with van der Waals surface area (Å²) in [6, 6.07) is 0. The van der Waals surface area contributed by atoms with Gasteiger partial charge in [-0.3, -0.25) is 4.79 Å². The highest BCUT2D eigenvalue weighted by Gasteiger charge is 2.51. The molecule has 15 heavy (non-hydrogen) atoms. The van der Waals surface area contributed by atoms with Crippen molar-refractivity contribution in [1.29, 1.82) is 0 Å². The van der Waals surface area contributed by atoms with Gasteiger partial charge in [-0.1, -0.05) is 0 Å². The van der Waals surface area contributed by atoms with E-state index >= 15 is 0 Å². The van der Waals surface area contributed by atoms with Gasteiger partial charge >= 0.3 is 7.12 Å². The molecule has 1 saturated heterocycles. The van der Waals surface area contributed by atoms with E-state index in [0.29, 0.717) is 24.5 Å². The van der Waals surface area contributed by atoms with Gasteiger partial charge in [0.1, 0.15) is 5.78 Å². The van der Waals surface area contributed by atoms with Crippen LogP contribution in [0.4, 0.5) is 0 Å². The highest BCUT2D eigenvalue weighted by Crippen LogP contribution is 2.40. The lowest BCUT2D eigenvalue weighted by Gasteiger charge is -2.32. The van der Waals surface area contributed by atoms with Crippen LogP contribution in [0.1, 0.15) is 40.5 Å². The number of carbonyl (C=O) groups is 1. The normalized spacial score (nSPS) is 29.3. The van der Waals surface area contributed by atoms with Crippen molar-refractivity contribution in [1.82, 2.24) is 0 Å². The number of carbonyl (C=O) groups excluding carboxylic acids is 1. The summed E-state index contributed by atoms with van der Waals surface area (Å²) in [6.45, 7) is 8.22. The maximum absolute atomic E-state index is 10.9. The fraction of sp³-hybridized carbons (Fsp3) is 0.909. The highest BCUT2D eigenvalue weighted by atomic mass is 16.7. The first-order chi connectivity index (χ1) is 6.80. The van der Waals surface area contributed by atoms with E-state index < -0.39 is 0 Å². The average molecular weight is 210 g/mol. The van der Waals surface area contributed by atoms with E-state index in [2.05, 4.69) is 27.7 Å². The van der Waals surface area contributed by atoms with Crippen molar-refractivity contribution in [3.63, 3.8) is 0 Å². The molecule has 4 heteroatoms. The van der Waals surface area contributed by atoms with Crippen molar-refractivity contribution in [2.75, 3.05) is 0 Å². The molecule has 0 aromatic carbocycles. The van der Waals surface area contributed by atoms with Gasteiger partial charge in [0, 0.05) is 12.8 Å². The zero-order valence-corrected chi connectivity index (χ0v) is 10.0. The first kappa shape index (κ1) is 11.1. The van der Waals surface area contributed by atoms with E-state index in [4.69, 9.17) is 9.31 Å². The Morgan fingerprint density at radius 1 is 1.20 bits per heavy atom. The molecule has 0 aromatic heterocycles. The van der Waals surface area contributed by atoms with Crippen molar-refractivity contribution in [3.8, 4) is 0 Å². The van der Waals surface area contributed by atoms with Gasteiger partial charge in [-0.05, 0) is 39.9 Å². The monoisotopic (exact) mass is 210 g/mol. The smallest absolute Gasteiger partial charge is 0.403 e. The van der Waals surface area contributed by atoms with Crippen LogP contribution in [0.2, 0.25) is 6.32 Å². The van der Waals surface area contributed by atoms with E-state index in [0.717, 1.165) is 6.32 Å². The minimum absolute atomic E-state index is 0.131. The summed E-state index contributed by atoms with van der Waals surface area (Å²) in [5.74, 6) is 0.851. The lowest BCUT2D eigenvalue weighted by Crippen LogP contribution is -2.41. The molecular weight excluding hydrogens is 191 g/mol.